The summed E-state index contributed by atoms with van der Waals surface area (Å²) < 4.78 is 31.2. The summed E-state index contributed by atoms with van der Waals surface area (Å²) in [6.07, 6.45) is 6.03. The Morgan fingerprint density at radius 1 is 0.311 bits per heavy atom. The molecule has 5 aromatic rings. The third-order valence-corrected chi connectivity index (χ3v) is 6.08. The molecule has 0 saturated carbocycles. The van der Waals surface area contributed by atoms with Crippen LogP contribution in [0.25, 0.3) is 0 Å². The van der Waals surface area contributed by atoms with E-state index in [0.717, 1.165) is 37.1 Å². The maximum atomic E-state index is 5.40. The van der Waals surface area contributed by atoms with Crippen molar-refractivity contribution in [3.63, 3.8) is 0 Å². The molecule has 0 spiro atoms. The second-order valence-corrected chi connectivity index (χ2v) is 12.9. The molecule has 342 valence electrons. The lowest BCUT2D eigenvalue weighted by molar-refractivity contribution is 0.263. The quantitative estimate of drug-likeness (QED) is 0.138. The summed E-state index contributed by atoms with van der Waals surface area (Å²) in [7, 11) is 0. The second kappa shape index (κ2) is 51.5. The highest BCUT2D eigenvalue weighted by Crippen LogP contribution is 2.15. The van der Waals surface area contributed by atoms with Crippen LogP contribution in [0.4, 0.5) is 0 Å². The number of ether oxygens (including phenoxy) is 6. The lowest BCUT2D eigenvalue weighted by Gasteiger charge is -2.01. The van der Waals surface area contributed by atoms with Crippen LogP contribution < -0.4 is 14.2 Å². The fourth-order valence-electron chi connectivity index (χ4n) is 3.38. The molecule has 8 rings (SSSR count). The Balaban J connectivity index is -0.000000644. The minimum atomic E-state index is 0.343. The van der Waals surface area contributed by atoms with Gasteiger partial charge in [-0.15, -0.1) is 0 Å². The third kappa shape index (κ3) is 51.5. The Morgan fingerprint density at radius 3 is 0.574 bits per heavy atom. The Bertz CT molecular complexity index is 1200. The van der Waals surface area contributed by atoms with Gasteiger partial charge in [-0.05, 0) is 36.4 Å². The van der Waals surface area contributed by atoms with Gasteiger partial charge in [0.2, 0.25) is 0 Å². The molecule has 0 radical (unpaired) electrons. The molecule has 61 heavy (non-hydrogen) atoms. The molecule has 0 aromatic heterocycles. The van der Waals surface area contributed by atoms with E-state index in [4.69, 9.17) is 28.4 Å². The van der Waals surface area contributed by atoms with E-state index in [1.54, 1.807) is 0 Å². The van der Waals surface area contributed by atoms with E-state index in [1.807, 2.05) is 191 Å². The highest BCUT2D eigenvalue weighted by molar-refractivity contribution is 5.22. The monoisotopic (exact) mass is 843 g/mol. The van der Waals surface area contributed by atoms with Crippen molar-refractivity contribution in [2.45, 2.75) is 127 Å². The van der Waals surface area contributed by atoms with Crippen molar-refractivity contribution >= 4 is 0 Å². The molecule has 0 aliphatic carbocycles. The molecule has 0 amide bonds. The summed E-state index contributed by atoms with van der Waals surface area (Å²) in [5.74, 6) is 2.76. The van der Waals surface area contributed by atoms with Crippen molar-refractivity contribution in [2.75, 3.05) is 39.6 Å². The van der Waals surface area contributed by atoms with Crippen molar-refractivity contribution in [1.82, 2.24) is 0 Å². The normalized spacial score (nSPS) is 14.5. The topological polar surface area (TPSA) is 65.3 Å². The Kier molecular flexibility index (Phi) is 51.3. The van der Waals surface area contributed by atoms with E-state index in [0.29, 0.717) is 38.1 Å². The minimum Gasteiger partial charge on any atom is -0.491 e. The second-order valence-electron chi connectivity index (χ2n) is 12.9. The standard InChI is InChI=1S/3C9H10O2.2C6H6.4C3H8.2C2H6/c3*1-2-4-8(5-3-1)10-6-9-7-11-9;2*1-2-4-6-5-3-1;4*1-3-2;2*1-2/h3*1-5,9H,6-7H2;2*1-6H;4*3H2,1-2H3;2*1-2H3. The summed E-state index contributed by atoms with van der Waals surface area (Å²) >= 11 is 0. The van der Waals surface area contributed by atoms with Crippen molar-refractivity contribution < 1.29 is 28.4 Å². The molecule has 0 bridgehead atoms. The fourth-order valence-corrected chi connectivity index (χ4v) is 3.38. The van der Waals surface area contributed by atoms with Crippen LogP contribution in [-0.4, -0.2) is 58.0 Å². The van der Waals surface area contributed by atoms with Crippen molar-refractivity contribution in [1.29, 1.82) is 0 Å². The molecular weight excluding hydrogens is 757 g/mol. The highest BCUT2D eigenvalue weighted by atomic mass is 16.6. The van der Waals surface area contributed by atoms with Gasteiger partial charge in [0.25, 0.3) is 0 Å². The van der Waals surface area contributed by atoms with Crippen molar-refractivity contribution in [3.8, 4) is 17.2 Å². The SMILES string of the molecule is CC.CC.CCC.CCC.CCC.CCC.c1ccc(OCC2CO2)cc1.c1ccc(OCC2CO2)cc1.c1ccc(OCC2CO2)cc1.c1ccccc1.c1ccccc1. The van der Waals surface area contributed by atoms with Crippen LogP contribution in [0.15, 0.2) is 164 Å². The largest absolute Gasteiger partial charge is 0.491 e. The van der Waals surface area contributed by atoms with Crippen LogP contribution in [0.2, 0.25) is 0 Å². The van der Waals surface area contributed by atoms with Crippen molar-refractivity contribution in [3.05, 3.63) is 164 Å². The van der Waals surface area contributed by atoms with Gasteiger partial charge in [0.15, 0.2) is 0 Å². The fraction of sp³-hybridized carbons (Fsp3) is 0.455. The average molecular weight is 843 g/mol. The first kappa shape index (κ1) is 60.7. The maximum Gasteiger partial charge on any atom is 0.119 e. The van der Waals surface area contributed by atoms with E-state index < -0.39 is 0 Å². The molecule has 6 heteroatoms. The zero-order valence-electron chi connectivity index (χ0n) is 40.3. The van der Waals surface area contributed by atoms with Gasteiger partial charge in [-0.2, -0.15) is 0 Å². The number of epoxide rings is 3. The Hall–Kier alpha value is -4.62. The van der Waals surface area contributed by atoms with Gasteiger partial charge in [0, 0.05) is 0 Å². The molecule has 6 nitrogen and oxygen atoms in total. The van der Waals surface area contributed by atoms with Gasteiger partial charge >= 0.3 is 0 Å². The minimum absolute atomic E-state index is 0.343. The molecular formula is C55H86O6. The van der Waals surface area contributed by atoms with E-state index in [9.17, 15) is 0 Å². The zero-order valence-corrected chi connectivity index (χ0v) is 40.3. The number of rotatable bonds is 9. The molecule has 3 aliphatic rings. The molecule has 3 saturated heterocycles. The lowest BCUT2D eigenvalue weighted by atomic mass is 10.3. The van der Waals surface area contributed by atoms with E-state index in [-0.39, 0.29) is 0 Å². The van der Waals surface area contributed by atoms with Crippen LogP contribution >= 0.6 is 0 Å². The van der Waals surface area contributed by atoms with Gasteiger partial charge in [0.1, 0.15) is 55.4 Å². The van der Waals surface area contributed by atoms with Crippen LogP contribution in [-0.2, 0) is 14.2 Å². The van der Waals surface area contributed by atoms with Crippen molar-refractivity contribution in [2.24, 2.45) is 0 Å². The van der Waals surface area contributed by atoms with Crippen LogP contribution in [0.5, 0.6) is 17.2 Å². The first-order chi connectivity index (χ1) is 30.0. The predicted molar refractivity (Wildman–Crippen MR) is 264 cm³/mol. The van der Waals surface area contributed by atoms with Crippen LogP contribution in [0, 0.1) is 0 Å². The molecule has 0 N–H and O–H groups in total. The van der Waals surface area contributed by atoms with Gasteiger partial charge in [-0.1, -0.05) is 236 Å². The van der Waals surface area contributed by atoms with E-state index in [1.165, 1.54) is 25.7 Å². The Labute approximate surface area is 375 Å². The Morgan fingerprint density at radius 2 is 0.443 bits per heavy atom. The highest BCUT2D eigenvalue weighted by Gasteiger charge is 2.24. The van der Waals surface area contributed by atoms with E-state index >= 15 is 0 Å². The molecule has 3 heterocycles. The summed E-state index contributed by atoms with van der Waals surface area (Å²) in [5.41, 5.74) is 0. The summed E-state index contributed by atoms with van der Waals surface area (Å²) in [6, 6.07) is 53.4. The molecule has 3 atom stereocenters. The average Bonchev–Trinajstić information content (AvgIpc) is 4.17. The first-order valence-corrected chi connectivity index (χ1v) is 22.9. The lowest BCUT2D eigenvalue weighted by Crippen LogP contribution is -2.03. The molecule has 3 fully saturated rings. The first-order valence-electron chi connectivity index (χ1n) is 22.9. The molecule has 3 unspecified atom stereocenters. The maximum absolute atomic E-state index is 5.40. The number of benzene rings is 5. The zero-order chi connectivity index (χ0) is 45.9. The summed E-state index contributed by atoms with van der Waals surface area (Å²) in [4.78, 5) is 0. The smallest absolute Gasteiger partial charge is 0.119 e. The molecule has 5 aromatic carbocycles. The van der Waals surface area contributed by atoms with Crippen LogP contribution in [0.3, 0.4) is 0 Å². The number of hydrogen-bond acceptors (Lipinski definition) is 6. The third-order valence-electron chi connectivity index (χ3n) is 6.08. The van der Waals surface area contributed by atoms with E-state index in [2.05, 4.69) is 55.4 Å². The van der Waals surface area contributed by atoms with Gasteiger partial charge < -0.3 is 28.4 Å². The van der Waals surface area contributed by atoms with Gasteiger partial charge in [-0.3, -0.25) is 0 Å². The summed E-state index contributed by atoms with van der Waals surface area (Å²) in [6.45, 7) is 29.6. The number of hydrogen-bond donors (Lipinski definition) is 0. The number of para-hydroxylation sites is 3. The molecule has 3 aliphatic heterocycles. The van der Waals surface area contributed by atoms with Crippen LogP contribution in [0.1, 0.15) is 109 Å². The predicted octanol–water partition coefficient (Wildman–Crippen LogP) is 15.5. The summed E-state index contributed by atoms with van der Waals surface area (Å²) in [5, 5.41) is 0. The van der Waals surface area contributed by atoms with Gasteiger partial charge in [-0.25, -0.2) is 0 Å². The van der Waals surface area contributed by atoms with Gasteiger partial charge in [0.05, 0.1) is 19.8 Å².